The van der Waals surface area contributed by atoms with Crippen molar-refractivity contribution >= 4 is 5.91 Å². The van der Waals surface area contributed by atoms with Crippen LogP contribution < -0.4 is 5.32 Å². The fourth-order valence-corrected chi connectivity index (χ4v) is 2.46. The van der Waals surface area contributed by atoms with Crippen LogP contribution in [0.15, 0.2) is 0 Å². The highest BCUT2D eigenvalue weighted by molar-refractivity contribution is 5.79. The molecule has 2 heterocycles. The van der Waals surface area contributed by atoms with Gasteiger partial charge in [0.2, 0.25) is 5.91 Å². The second-order valence-electron chi connectivity index (χ2n) is 5.65. The molecule has 1 atom stereocenters. The molecule has 2 fully saturated rings. The Kier molecular flexibility index (Phi) is 2.75. The van der Waals surface area contributed by atoms with Crippen LogP contribution in [0.4, 0.5) is 0 Å². The lowest BCUT2D eigenvalue weighted by molar-refractivity contribution is -0.135. The largest absolute Gasteiger partial charge is 0.342 e. The molecule has 0 aliphatic carbocycles. The predicted molar refractivity (Wildman–Crippen MR) is 60.5 cm³/mol. The van der Waals surface area contributed by atoms with Crippen LogP contribution in [0.5, 0.6) is 0 Å². The van der Waals surface area contributed by atoms with Gasteiger partial charge in [-0.25, -0.2) is 0 Å². The van der Waals surface area contributed by atoms with Crippen LogP contribution in [0.1, 0.15) is 27.2 Å². The average molecular weight is 210 g/mol. The van der Waals surface area contributed by atoms with E-state index >= 15 is 0 Å². The van der Waals surface area contributed by atoms with Gasteiger partial charge < -0.3 is 10.2 Å². The van der Waals surface area contributed by atoms with Crippen LogP contribution in [-0.2, 0) is 4.79 Å². The van der Waals surface area contributed by atoms with E-state index in [2.05, 4.69) is 31.0 Å². The Labute approximate surface area is 92.2 Å². The van der Waals surface area contributed by atoms with E-state index in [1.54, 1.807) is 0 Å². The fourth-order valence-electron chi connectivity index (χ4n) is 2.46. The molecular formula is C12H22N2O. The minimum Gasteiger partial charge on any atom is -0.342 e. The number of hydrogen-bond donors (Lipinski definition) is 1. The normalized spacial score (nSPS) is 25.7. The zero-order valence-electron chi connectivity index (χ0n) is 10.0. The second kappa shape index (κ2) is 3.78. The summed E-state index contributed by atoms with van der Waals surface area (Å²) in [4.78, 5) is 14.2. The van der Waals surface area contributed by atoms with Gasteiger partial charge in [-0.15, -0.1) is 0 Å². The van der Waals surface area contributed by atoms with Gasteiger partial charge in [-0.05, 0) is 12.3 Å². The van der Waals surface area contributed by atoms with E-state index in [1.807, 2.05) is 0 Å². The SMILES string of the molecule is CC(C)C(C)C(=O)N1CCC2(CNC2)C1. The van der Waals surface area contributed by atoms with Gasteiger partial charge in [0.15, 0.2) is 0 Å². The van der Waals surface area contributed by atoms with Crippen molar-refractivity contribution in [1.82, 2.24) is 10.2 Å². The monoisotopic (exact) mass is 210 g/mol. The second-order valence-corrected chi connectivity index (χ2v) is 5.65. The Morgan fingerprint density at radius 3 is 2.40 bits per heavy atom. The topological polar surface area (TPSA) is 32.3 Å². The van der Waals surface area contributed by atoms with Gasteiger partial charge in [-0.3, -0.25) is 4.79 Å². The highest BCUT2D eigenvalue weighted by atomic mass is 16.2. The van der Waals surface area contributed by atoms with Crippen LogP contribution >= 0.6 is 0 Å². The molecule has 0 aromatic heterocycles. The van der Waals surface area contributed by atoms with Crippen LogP contribution in [0.25, 0.3) is 0 Å². The summed E-state index contributed by atoms with van der Waals surface area (Å²) in [5, 5.41) is 3.32. The number of likely N-dealkylation sites (tertiary alicyclic amines) is 1. The number of carbonyl (C=O) groups is 1. The summed E-state index contributed by atoms with van der Waals surface area (Å²) < 4.78 is 0. The third-order valence-electron chi connectivity index (χ3n) is 4.14. The molecule has 0 aromatic rings. The zero-order valence-corrected chi connectivity index (χ0v) is 10.0. The van der Waals surface area contributed by atoms with E-state index in [4.69, 9.17) is 0 Å². The summed E-state index contributed by atoms with van der Waals surface area (Å²) in [6, 6.07) is 0. The third kappa shape index (κ3) is 1.89. The predicted octanol–water partition coefficient (Wildman–Crippen LogP) is 1.10. The first-order valence-corrected chi connectivity index (χ1v) is 6.04. The van der Waals surface area contributed by atoms with Gasteiger partial charge in [0.05, 0.1) is 0 Å². The Bertz CT molecular complexity index is 258. The Hall–Kier alpha value is -0.570. The van der Waals surface area contributed by atoms with Gasteiger partial charge in [0.25, 0.3) is 0 Å². The Morgan fingerprint density at radius 1 is 1.33 bits per heavy atom. The summed E-state index contributed by atoms with van der Waals surface area (Å²) >= 11 is 0. The van der Waals surface area contributed by atoms with E-state index in [1.165, 1.54) is 6.42 Å². The van der Waals surface area contributed by atoms with Crippen molar-refractivity contribution in [2.75, 3.05) is 26.2 Å². The number of nitrogens with one attached hydrogen (secondary N) is 1. The number of nitrogens with zero attached hydrogens (tertiary/aromatic N) is 1. The maximum absolute atomic E-state index is 12.1. The Morgan fingerprint density at radius 2 is 2.00 bits per heavy atom. The number of amides is 1. The minimum atomic E-state index is 0.174. The maximum Gasteiger partial charge on any atom is 0.225 e. The summed E-state index contributed by atoms with van der Waals surface area (Å²) in [7, 11) is 0. The van der Waals surface area contributed by atoms with Crippen molar-refractivity contribution in [3.63, 3.8) is 0 Å². The summed E-state index contributed by atoms with van der Waals surface area (Å²) in [5.74, 6) is 0.982. The van der Waals surface area contributed by atoms with Gasteiger partial charge >= 0.3 is 0 Å². The fraction of sp³-hybridized carbons (Fsp3) is 0.917. The van der Waals surface area contributed by atoms with Crippen molar-refractivity contribution in [3.8, 4) is 0 Å². The van der Waals surface area contributed by atoms with E-state index < -0.39 is 0 Å². The molecule has 3 nitrogen and oxygen atoms in total. The van der Waals surface area contributed by atoms with Crippen molar-refractivity contribution in [2.45, 2.75) is 27.2 Å². The molecular weight excluding hydrogens is 188 g/mol. The molecule has 2 saturated heterocycles. The lowest BCUT2D eigenvalue weighted by Gasteiger charge is -2.39. The Balaban J connectivity index is 1.93. The van der Waals surface area contributed by atoms with E-state index in [9.17, 15) is 4.79 Å². The standard InChI is InChI=1S/C12H22N2O/c1-9(2)10(3)11(15)14-5-4-12(8-14)6-13-7-12/h9-10,13H,4-8H2,1-3H3. The molecule has 2 aliphatic heterocycles. The molecule has 86 valence electrons. The molecule has 3 heteroatoms. The van der Waals surface area contributed by atoms with E-state index in [-0.39, 0.29) is 5.92 Å². The van der Waals surface area contributed by atoms with E-state index in [0.717, 1.165) is 26.2 Å². The molecule has 1 amide bonds. The van der Waals surface area contributed by atoms with Crippen molar-refractivity contribution in [1.29, 1.82) is 0 Å². The third-order valence-corrected chi connectivity index (χ3v) is 4.14. The first-order chi connectivity index (χ1) is 7.04. The molecule has 0 radical (unpaired) electrons. The smallest absolute Gasteiger partial charge is 0.225 e. The highest BCUT2D eigenvalue weighted by Crippen LogP contribution is 2.34. The molecule has 1 unspecified atom stereocenters. The minimum absolute atomic E-state index is 0.174. The highest BCUT2D eigenvalue weighted by Gasteiger charge is 2.44. The van der Waals surface area contributed by atoms with Crippen molar-refractivity contribution < 1.29 is 4.79 Å². The summed E-state index contributed by atoms with van der Waals surface area (Å²) in [5.41, 5.74) is 0.437. The van der Waals surface area contributed by atoms with E-state index in [0.29, 0.717) is 17.2 Å². The molecule has 2 rings (SSSR count). The van der Waals surface area contributed by atoms with Gasteiger partial charge in [0.1, 0.15) is 0 Å². The molecule has 1 spiro atoms. The molecule has 0 aromatic carbocycles. The van der Waals surface area contributed by atoms with Crippen LogP contribution in [0.2, 0.25) is 0 Å². The van der Waals surface area contributed by atoms with Crippen molar-refractivity contribution in [2.24, 2.45) is 17.3 Å². The van der Waals surface area contributed by atoms with Gasteiger partial charge in [-0.2, -0.15) is 0 Å². The van der Waals surface area contributed by atoms with Crippen LogP contribution in [0, 0.1) is 17.3 Å². The lowest BCUT2D eigenvalue weighted by Crippen LogP contribution is -2.55. The molecule has 0 bridgehead atoms. The van der Waals surface area contributed by atoms with Crippen LogP contribution in [0.3, 0.4) is 0 Å². The molecule has 2 aliphatic rings. The first-order valence-electron chi connectivity index (χ1n) is 6.04. The van der Waals surface area contributed by atoms with Crippen LogP contribution in [-0.4, -0.2) is 37.0 Å². The molecule has 15 heavy (non-hydrogen) atoms. The number of rotatable bonds is 2. The maximum atomic E-state index is 12.1. The quantitative estimate of drug-likeness (QED) is 0.740. The lowest BCUT2D eigenvalue weighted by atomic mass is 9.81. The van der Waals surface area contributed by atoms with Gasteiger partial charge in [-0.1, -0.05) is 20.8 Å². The first kappa shape index (κ1) is 10.9. The van der Waals surface area contributed by atoms with Gasteiger partial charge in [0, 0.05) is 37.5 Å². The van der Waals surface area contributed by atoms with Crippen molar-refractivity contribution in [3.05, 3.63) is 0 Å². The molecule has 1 N–H and O–H groups in total. The molecule has 0 saturated carbocycles. The summed E-state index contributed by atoms with van der Waals surface area (Å²) in [6.07, 6.45) is 1.19. The average Bonchev–Trinajstić information content (AvgIpc) is 2.59. The number of carbonyl (C=O) groups excluding carboxylic acids is 1. The summed E-state index contributed by atoms with van der Waals surface area (Å²) in [6.45, 7) is 10.5. The number of hydrogen-bond acceptors (Lipinski definition) is 2. The zero-order chi connectivity index (χ0) is 11.1.